The molecule has 21 nitrogen and oxygen atoms in total. The number of carbonyl (C=O) groups excluding carboxylic acids is 10. The minimum atomic E-state index is -3.56. The number of thioether (sulfide) groups is 1. The number of carbonyl (C=O) groups is 10. The van der Waals surface area contributed by atoms with Crippen LogP contribution in [0.15, 0.2) is 78.9 Å². The quantitative estimate of drug-likeness (QED) is 0.116. The first-order valence-corrected chi connectivity index (χ1v) is 28.1. The SMILES string of the molecule is CC(C)C[C@@H]1NC(=O)[C@@H]2CC(F)(F)CN2C(=O)[C@H](Cc2ccccc2)NC(=O)CSC[C@@H](C(N)=O)NC(=O)[C@H](Cc2ccc(C(N)=O)cc2)NC(=O)[C@@H]2Cc3ccccc3CN2C(=O)[C@@H]2CCCN2C(=O)[C@H](CCCCN)NC1=O. The van der Waals surface area contributed by atoms with Crippen molar-refractivity contribution in [2.24, 2.45) is 23.1 Å². The Kier molecular flexibility index (Phi) is 20.4. The highest BCUT2D eigenvalue weighted by atomic mass is 32.2. The van der Waals surface area contributed by atoms with Crippen molar-refractivity contribution in [3.8, 4) is 0 Å². The lowest BCUT2D eigenvalue weighted by molar-refractivity contribution is -0.150. The first kappa shape index (κ1) is 60.2. The number of unbranched alkanes of at least 4 members (excludes halogenated alkanes) is 1. The van der Waals surface area contributed by atoms with Crippen LogP contribution in [0.1, 0.15) is 91.4 Å². The van der Waals surface area contributed by atoms with Gasteiger partial charge in [0.05, 0.1) is 12.3 Å². The molecule has 80 heavy (non-hydrogen) atoms. The zero-order valence-electron chi connectivity index (χ0n) is 44.8. The minimum Gasteiger partial charge on any atom is -0.368 e. The monoisotopic (exact) mass is 1130 g/mol. The molecule has 4 aliphatic rings. The summed E-state index contributed by atoms with van der Waals surface area (Å²) >= 11 is 0.847. The van der Waals surface area contributed by atoms with Gasteiger partial charge in [0, 0.05) is 50.1 Å². The summed E-state index contributed by atoms with van der Waals surface area (Å²) in [5, 5.41) is 13.4. The largest absolute Gasteiger partial charge is 0.368 e. The summed E-state index contributed by atoms with van der Waals surface area (Å²) in [6, 6.07) is 10.4. The number of amides is 10. The van der Waals surface area contributed by atoms with Crippen LogP contribution in [0.25, 0.3) is 0 Å². The molecule has 0 unspecified atom stereocenters. The number of halogens is 2. The smallest absolute Gasteiger partial charge is 0.267 e. The second kappa shape index (κ2) is 27.1. The maximum atomic E-state index is 15.6. The van der Waals surface area contributed by atoms with Crippen molar-refractivity contribution in [1.29, 1.82) is 0 Å². The number of hydrogen-bond donors (Lipinski definition) is 8. The van der Waals surface area contributed by atoms with Crippen LogP contribution < -0.4 is 43.8 Å². The van der Waals surface area contributed by atoms with Crippen molar-refractivity contribution in [3.05, 3.63) is 107 Å². The van der Waals surface area contributed by atoms with Crippen molar-refractivity contribution >= 4 is 70.8 Å². The fourth-order valence-corrected chi connectivity index (χ4v) is 11.6. The number of benzene rings is 3. The average Bonchev–Trinajstić information content (AvgIpc) is 4.06. The Morgan fingerprint density at radius 1 is 0.662 bits per heavy atom. The van der Waals surface area contributed by atoms with Gasteiger partial charge in [-0.2, -0.15) is 0 Å². The third kappa shape index (κ3) is 15.5. The zero-order chi connectivity index (χ0) is 57.8. The maximum Gasteiger partial charge on any atom is 0.267 e. The first-order chi connectivity index (χ1) is 38.1. The lowest BCUT2D eigenvalue weighted by Gasteiger charge is -2.40. The number of primary amides is 2. The molecule has 8 atom stereocenters. The minimum absolute atomic E-state index is 0.00638. The van der Waals surface area contributed by atoms with E-state index in [0.717, 1.165) is 22.9 Å². The van der Waals surface area contributed by atoms with Crippen LogP contribution in [0.4, 0.5) is 8.78 Å². The molecule has 0 aliphatic carbocycles. The third-order valence-electron chi connectivity index (χ3n) is 14.8. The molecule has 3 fully saturated rings. The fourth-order valence-electron chi connectivity index (χ4n) is 10.7. The highest BCUT2D eigenvalue weighted by Gasteiger charge is 2.52. The Labute approximate surface area is 467 Å². The van der Waals surface area contributed by atoms with Crippen LogP contribution in [-0.4, -0.2) is 159 Å². The van der Waals surface area contributed by atoms with Crippen LogP contribution in [0, 0.1) is 5.92 Å². The second-order valence-corrected chi connectivity index (χ2v) is 22.4. The summed E-state index contributed by atoms with van der Waals surface area (Å²) in [5.74, 6) is -12.7. The Morgan fingerprint density at radius 2 is 1.27 bits per heavy atom. The van der Waals surface area contributed by atoms with E-state index in [9.17, 15) is 43.2 Å². The summed E-state index contributed by atoms with van der Waals surface area (Å²) in [4.78, 5) is 145. The van der Waals surface area contributed by atoms with Gasteiger partial charge in [-0.05, 0) is 85.4 Å². The Balaban J connectivity index is 1.27. The number of nitrogens with zero attached hydrogens (tertiary/aromatic N) is 3. The molecule has 0 bridgehead atoms. The zero-order valence-corrected chi connectivity index (χ0v) is 45.7. The molecule has 3 aromatic rings. The molecule has 24 heteroatoms. The normalized spacial score (nSPS) is 25.7. The van der Waals surface area contributed by atoms with Gasteiger partial charge >= 0.3 is 0 Å². The Hall–Kier alpha value is -7.47. The number of fused-ring (bicyclic) bond motifs is 4. The van der Waals surface area contributed by atoms with Crippen molar-refractivity contribution in [1.82, 2.24) is 41.3 Å². The van der Waals surface area contributed by atoms with Gasteiger partial charge < -0.3 is 58.5 Å². The van der Waals surface area contributed by atoms with Crippen molar-refractivity contribution in [2.45, 2.75) is 139 Å². The van der Waals surface area contributed by atoms with Gasteiger partial charge in [-0.15, -0.1) is 11.8 Å². The molecule has 7 rings (SSSR count). The van der Waals surface area contributed by atoms with Gasteiger partial charge in [0.2, 0.25) is 59.1 Å². The van der Waals surface area contributed by atoms with Crippen molar-refractivity contribution < 1.29 is 56.7 Å². The predicted octanol–water partition coefficient (Wildman–Crippen LogP) is 0.583. The van der Waals surface area contributed by atoms with Gasteiger partial charge in [-0.3, -0.25) is 47.9 Å². The van der Waals surface area contributed by atoms with Crippen LogP contribution >= 0.6 is 11.8 Å². The molecular weight excluding hydrogens is 1060 g/mol. The van der Waals surface area contributed by atoms with Crippen LogP contribution in [0.5, 0.6) is 0 Å². The summed E-state index contributed by atoms with van der Waals surface area (Å²) in [5.41, 5.74) is 19.8. The summed E-state index contributed by atoms with van der Waals surface area (Å²) in [7, 11) is 0. The van der Waals surface area contributed by atoms with E-state index < -0.39 is 132 Å². The second-order valence-electron chi connectivity index (χ2n) is 21.3. The average molecular weight is 1130 g/mol. The summed E-state index contributed by atoms with van der Waals surface area (Å²) in [6.07, 6.45) is -0.00600. The lowest BCUT2D eigenvalue weighted by atomic mass is 9.92. The van der Waals surface area contributed by atoms with Crippen LogP contribution in [0.2, 0.25) is 0 Å². The first-order valence-electron chi connectivity index (χ1n) is 27.0. The van der Waals surface area contributed by atoms with E-state index in [0.29, 0.717) is 35.3 Å². The van der Waals surface area contributed by atoms with E-state index in [2.05, 4.69) is 26.6 Å². The molecule has 0 radical (unpaired) electrons. The number of nitrogens with one attached hydrogen (secondary N) is 5. The third-order valence-corrected chi connectivity index (χ3v) is 15.9. The molecule has 3 aromatic carbocycles. The molecule has 11 N–H and O–H groups in total. The van der Waals surface area contributed by atoms with Crippen LogP contribution in [-0.2, 0) is 69.0 Å². The summed E-state index contributed by atoms with van der Waals surface area (Å²) in [6.45, 7) is 2.68. The van der Waals surface area contributed by atoms with E-state index in [1.807, 2.05) is 12.1 Å². The number of hydrogen-bond acceptors (Lipinski definition) is 12. The van der Waals surface area contributed by atoms with E-state index >= 15 is 13.6 Å². The summed E-state index contributed by atoms with van der Waals surface area (Å²) < 4.78 is 31.1. The Morgan fingerprint density at radius 3 is 1.95 bits per heavy atom. The molecule has 4 heterocycles. The van der Waals surface area contributed by atoms with E-state index in [1.165, 1.54) is 34.1 Å². The highest BCUT2D eigenvalue weighted by Crippen LogP contribution is 2.34. The van der Waals surface area contributed by atoms with Gasteiger partial charge in [0.1, 0.15) is 48.3 Å². The van der Waals surface area contributed by atoms with Crippen molar-refractivity contribution in [2.75, 3.05) is 31.1 Å². The molecule has 430 valence electrons. The van der Waals surface area contributed by atoms with E-state index in [1.54, 1.807) is 56.3 Å². The fraction of sp³-hybridized carbons (Fsp3) is 0.500. The standard InChI is InChI=1S/C56H71F2N11O10S/c1-32(2)23-39-49(73)63-38(15-8-9-21-59)53(77)67-22-10-16-43(67)55(79)68-28-37-14-7-6-13-36(37)26-44(68)51(75)65-40(24-34-17-19-35(20-18-34)47(60)71)50(74)66-42(48(61)72)29-80-30-46(70)62-41(25-33-11-4-3-5-12-33)54(78)69-31-56(57,58)27-45(69)52(76)64-39/h3-7,11-14,17-20,32,38-45H,8-10,15-16,21-31,59H2,1-2H3,(H2,60,71)(H2,61,72)(H,62,70)(H,63,73)(H,64,76)(H,65,75)(H,66,74)/t38-,39-,40-,41-,42-,43-,44-,45-/m0/s1. The molecule has 10 amide bonds. The van der Waals surface area contributed by atoms with E-state index in [-0.39, 0.29) is 75.4 Å². The maximum absolute atomic E-state index is 15.6. The number of nitrogens with two attached hydrogens (primary N) is 3. The van der Waals surface area contributed by atoms with Gasteiger partial charge in [0.25, 0.3) is 5.92 Å². The van der Waals surface area contributed by atoms with Gasteiger partial charge in [0.15, 0.2) is 0 Å². The molecule has 0 aromatic heterocycles. The molecule has 4 aliphatic heterocycles. The van der Waals surface area contributed by atoms with Crippen LogP contribution in [0.3, 0.4) is 0 Å². The lowest BCUT2D eigenvalue weighted by Crippen LogP contribution is -2.61. The predicted molar refractivity (Wildman–Crippen MR) is 292 cm³/mol. The molecular formula is C56H71F2N11O10S. The topological polar surface area (TPSA) is 319 Å². The highest BCUT2D eigenvalue weighted by molar-refractivity contribution is 8.00. The molecule has 3 saturated heterocycles. The molecule has 0 saturated carbocycles. The van der Waals surface area contributed by atoms with E-state index in [4.69, 9.17) is 17.2 Å². The van der Waals surface area contributed by atoms with Crippen molar-refractivity contribution in [3.63, 3.8) is 0 Å². The van der Waals surface area contributed by atoms with Gasteiger partial charge in [-0.1, -0.05) is 80.6 Å². The number of rotatable bonds is 12. The number of alkyl halides is 2. The Bertz CT molecular complexity index is 2790. The van der Waals surface area contributed by atoms with Gasteiger partial charge in [-0.25, -0.2) is 8.78 Å². The molecule has 0 spiro atoms.